The van der Waals surface area contributed by atoms with E-state index in [-0.39, 0.29) is 32.3 Å². The van der Waals surface area contributed by atoms with Crippen LogP contribution in [0.4, 0.5) is 0 Å². The van der Waals surface area contributed by atoms with Gasteiger partial charge in [-0.3, -0.25) is 4.79 Å². The van der Waals surface area contributed by atoms with Crippen molar-refractivity contribution in [2.75, 3.05) is 6.61 Å². The van der Waals surface area contributed by atoms with Crippen LogP contribution in [0.3, 0.4) is 0 Å². The van der Waals surface area contributed by atoms with E-state index in [0.717, 1.165) is 33.4 Å². The lowest BCUT2D eigenvalue weighted by atomic mass is 9.78. The number of carbonyl (C=O) groups is 1. The van der Waals surface area contributed by atoms with E-state index in [2.05, 4.69) is 0 Å². The second-order valence-electron chi connectivity index (χ2n) is 17.4. The van der Waals surface area contributed by atoms with E-state index in [9.17, 15) is 9.90 Å². The molecule has 0 radical (unpaired) electrons. The molecular formula is C56H58O10. The van der Waals surface area contributed by atoms with Gasteiger partial charge < -0.3 is 43.0 Å². The number of benzene rings is 6. The molecule has 2 saturated carbocycles. The van der Waals surface area contributed by atoms with E-state index in [1.54, 1.807) is 0 Å². The Bertz CT molecular complexity index is 2340. The summed E-state index contributed by atoms with van der Waals surface area (Å²) >= 11 is 0. The maximum Gasteiger partial charge on any atom is 0.312 e. The number of aliphatic carboxylic acids is 1. The van der Waals surface area contributed by atoms with Crippen molar-refractivity contribution in [1.82, 2.24) is 0 Å². The molecule has 1 heterocycles. The van der Waals surface area contributed by atoms with E-state index < -0.39 is 66.8 Å². The summed E-state index contributed by atoms with van der Waals surface area (Å²) in [5, 5.41) is 11.1. The van der Waals surface area contributed by atoms with Gasteiger partial charge in [0.2, 0.25) is 0 Å². The third-order valence-electron chi connectivity index (χ3n) is 12.7. The highest BCUT2D eigenvalue weighted by Crippen LogP contribution is 2.47. The number of ether oxygens (including phenoxy) is 8. The van der Waals surface area contributed by atoms with Crippen LogP contribution < -0.4 is 0 Å². The van der Waals surface area contributed by atoms with Crippen LogP contribution in [0.2, 0.25) is 0 Å². The number of rotatable bonds is 22. The highest BCUT2D eigenvalue weighted by Gasteiger charge is 2.66. The molecule has 1 saturated heterocycles. The molecule has 11 atom stereocenters. The Labute approximate surface area is 387 Å². The molecule has 9 rings (SSSR count). The van der Waals surface area contributed by atoms with E-state index in [1.165, 1.54) is 0 Å². The highest BCUT2D eigenvalue weighted by molar-refractivity contribution is 5.73. The van der Waals surface area contributed by atoms with Crippen molar-refractivity contribution in [3.05, 3.63) is 215 Å². The summed E-state index contributed by atoms with van der Waals surface area (Å²) in [4.78, 5) is 13.5. The lowest BCUT2D eigenvalue weighted by molar-refractivity contribution is -0.261. The fraction of sp³-hybridized carbons (Fsp3) is 0.339. The molecule has 1 N–H and O–H groups in total. The van der Waals surface area contributed by atoms with E-state index in [1.807, 2.05) is 182 Å². The van der Waals surface area contributed by atoms with Crippen molar-refractivity contribution in [1.29, 1.82) is 0 Å². The zero-order valence-electron chi connectivity index (χ0n) is 36.9. The van der Waals surface area contributed by atoms with Gasteiger partial charge in [0.1, 0.15) is 48.6 Å². The molecule has 66 heavy (non-hydrogen) atoms. The van der Waals surface area contributed by atoms with Crippen LogP contribution in [0.1, 0.15) is 39.8 Å². The van der Waals surface area contributed by atoms with E-state index >= 15 is 0 Å². The lowest BCUT2D eigenvalue weighted by Gasteiger charge is -2.48. The predicted octanol–water partition coefficient (Wildman–Crippen LogP) is 9.39. The second kappa shape index (κ2) is 22.8. The molecule has 3 aliphatic rings. The summed E-state index contributed by atoms with van der Waals surface area (Å²) in [7, 11) is 0. The van der Waals surface area contributed by atoms with Gasteiger partial charge in [-0.15, -0.1) is 0 Å². The van der Waals surface area contributed by atoms with Gasteiger partial charge in [0.25, 0.3) is 0 Å². The Hall–Kier alpha value is -5.53. The van der Waals surface area contributed by atoms with Crippen LogP contribution in [0, 0.1) is 11.8 Å². The Morgan fingerprint density at radius 3 is 1.18 bits per heavy atom. The zero-order chi connectivity index (χ0) is 44.9. The smallest absolute Gasteiger partial charge is 0.312 e. The van der Waals surface area contributed by atoms with Crippen molar-refractivity contribution >= 4 is 5.97 Å². The van der Waals surface area contributed by atoms with Crippen molar-refractivity contribution < 1.29 is 47.8 Å². The van der Waals surface area contributed by atoms with Crippen molar-refractivity contribution in [2.24, 2.45) is 11.8 Å². The minimum absolute atomic E-state index is 0.215. The zero-order valence-corrected chi connectivity index (χ0v) is 36.9. The SMILES string of the molecule is O=C(O)C1C(OC2CC(COCc3ccccc3)C(OCc3ccccc3)C(OCc3ccccc3)C2OCc2ccccc2)C(OCc2ccccc2)C(OCc2ccccc2)C2OC21. The minimum atomic E-state index is -1.05. The molecule has 0 bridgehead atoms. The van der Waals surface area contributed by atoms with Gasteiger partial charge in [-0.1, -0.05) is 182 Å². The summed E-state index contributed by atoms with van der Waals surface area (Å²) < 4.78 is 54.8. The molecule has 0 spiro atoms. The maximum absolute atomic E-state index is 13.5. The van der Waals surface area contributed by atoms with Crippen molar-refractivity contribution in [3.8, 4) is 0 Å². The molecule has 6 aromatic rings. The molecule has 2 aliphatic carbocycles. The van der Waals surface area contributed by atoms with Gasteiger partial charge in [0, 0.05) is 5.92 Å². The number of carboxylic acids is 1. The minimum Gasteiger partial charge on any atom is -0.481 e. The van der Waals surface area contributed by atoms with Crippen LogP contribution in [0.5, 0.6) is 0 Å². The Morgan fingerprint density at radius 2 is 0.773 bits per heavy atom. The average molecular weight is 891 g/mol. The topological polar surface area (TPSA) is 114 Å². The molecule has 11 unspecified atom stereocenters. The number of hydrogen-bond donors (Lipinski definition) is 1. The standard InChI is InChI=1S/C56H58O10/c57-56(58)47-50(53(63-36-43-27-15-5-16-28-43)54(55-51(47)66-55)64-37-44-29-17-6-18-30-44)65-46-31-45(38-59-32-39-19-7-1-8-20-39)48(60-33-40-21-9-2-10-22-40)52(62-35-42-25-13-4-14-26-42)49(46)61-34-41-23-11-3-12-24-41/h1-30,45-55H,31-38H2,(H,57,58). The fourth-order valence-electron chi connectivity index (χ4n) is 9.37. The third kappa shape index (κ3) is 11.9. The summed E-state index contributed by atoms with van der Waals surface area (Å²) in [6, 6.07) is 60.0. The molecule has 0 amide bonds. The van der Waals surface area contributed by atoms with Crippen LogP contribution in [0.25, 0.3) is 0 Å². The first-order chi connectivity index (χ1) is 32.6. The molecule has 3 fully saturated rings. The quantitative estimate of drug-likeness (QED) is 0.0662. The van der Waals surface area contributed by atoms with Crippen LogP contribution >= 0.6 is 0 Å². The van der Waals surface area contributed by atoms with Crippen LogP contribution in [-0.4, -0.2) is 72.6 Å². The highest BCUT2D eigenvalue weighted by atomic mass is 16.7. The van der Waals surface area contributed by atoms with Gasteiger partial charge >= 0.3 is 5.97 Å². The van der Waals surface area contributed by atoms with Gasteiger partial charge in [-0.05, 0) is 39.8 Å². The molecule has 1 aliphatic heterocycles. The summed E-state index contributed by atoms with van der Waals surface area (Å²) in [6.45, 7) is 2.10. The van der Waals surface area contributed by atoms with Gasteiger partial charge in [0.05, 0.1) is 58.5 Å². The monoisotopic (exact) mass is 890 g/mol. The van der Waals surface area contributed by atoms with Gasteiger partial charge in [0.15, 0.2) is 0 Å². The number of fused-ring (bicyclic) bond motifs is 1. The van der Waals surface area contributed by atoms with Gasteiger partial charge in [-0.2, -0.15) is 0 Å². The molecule has 10 nitrogen and oxygen atoms in total. The Morgan fingerprint density at radius 1 is 0.424 bits per heavy atom. The first-order valence-electron chi connectivity index (χ1n) is 23.0. The van der Waals surface area contributed by atoms with E-state index in [4.69, 9.17) is 37.9 Å². The summed E-state index contributed by atoms with van der Waals surface area (Å²) in [5.41, 5.74) is 5.96. The lowest BCUT2D eigenvalue weighted by Crippen LogP contribution is -2.62. The molecular weight excluding hydrogens is 833 g/mol. The average Bonchev–Trinajstić information content (AvgIpc) is 4.16. The van der Waals surface area contributed by atoms with Crippen molar-refractivity contribution in [2.45, 2.75) is 101 Å². The second-order valence-corrected chi connectivity index (χ2v) is 17.4. The van der Waals surface area contributed by atoms with Gasteiger partial charge in [-0.25, -0.2) is 0 Å². The molecule has 342 valence electrons. The first-order valence-corrected chi connectivity index (χ1v) is 23.0. The summed E-state index contributed by atoms with van der Waals surface area (Å²) in [6.07, 6.45) is -5.73. The van der Waals surface area contributed by atoms with Crippen molar-refractivity contribution in [3.63, 3.8) is 0 Å². The first kappa shape index (κ1) is 45.6. The maximum atomic E-state index is 13.5. The van der Waals surface area contributed by atoms with E-state index in [0.29, 0.717) is 26.2 Å². The molecule has 10 heteroatoms. The number of hydrogen-bond acceptors (Lipinski definition) is 9. The summed E-state index contributed by atoms with van der Waals surface area (Å²) in [5.74, 6) is -2.33. The number of carboxylic acid groups (broad SMARTS) is 1. The molecule has 0 aromatic heterocycles. The fourth-order valence-corrected chi connectivity index (χ4v) is 9.37. The largest absolute Gasteiger partial charge is 0.481 e. The normalized spacial score (nSPS) is 26.9. The molecule has 6 aromatic carbocycles. The van der Waals surface area contributed by atoms with Crippen LogP contribution in [-0.2, 0) is 82.3 Å². The Balaban J connectivity index is 1.09. The third-order valence-corrected chi connectivity index (χ3v) is 12.7. The predicted molar refractivity (Wildman–Crippen MR) is 248 cm³/mol. The number of epoxide rings is 1. The van der Waals surface area contributed by atoms with Crippen LogP contribution in [0.15, 0.2) is 182 Å². The Kier molecular flexibility index (Phi) is 15.7.